The summed E-state index contributed by atoms with van der Waals surface area (Å²) in [6.45, 7) is 5.64. The standard InChI is InChI=1S/C20H26BCl2N3O6/c1-4-26-10-18(28)31-21(32-19(29)11-26)16(7-12(2)3)25-17(27)9-24-20(30)14-8-13(22)5-6-15(14)23/h5-6,8,12,16H,4,7,9-11H2,1-3H3,(H,24,30)(H,25,27)/t16-/m1/s1. The van der Waals surface area contributed by atoms with Crippen LogP contribution in [0.3, 0.4) is 0 Å². The molecule has 12 heteroatoms. The van der Waals surface area contributed by atoms with Crippen LogP contribution in [0.15, 0.2) is 18.2 Å². The SMILES string of the molecule is CCN1CC(=O)OB([C@@H](CC(C)C)NC(=O)CNC(=O)c2cc(Cl)ccc2Cl)OC(=O)C1. The summed E-state index contributed by atoms with van der Waals surface area (Å²) in [7, 11) is -1.27. The summed E-state index contributed by atoms with van der Waals surface area (Å²) in [4.78, 5) is 50.8. The summed E-state index contributed by atoms with van der Waals surface area (Å²) in [5.41, 5.74) is 0.133. The molecule has 0 aliphatic carbocycles. The van der Waals surface area contributed by atoms with E-state index in [0.717, 1.165) is 0 Å². The van der Waals surface area contributed by atoms with E-state index in [1.54, 1.807) is 11.0 Å². The number of carbonyl (C=O) groups is 4. The van der Waals surface area contributed by atoms with Crippen LogP contribution in [0.25, 0.3) is 0 Å². The third-order valence-corrected chi connectivity index (χ3v) is 5.20. The Hall–Kier alpha value is -2.30. The van der Waals surface area contributed by atoms with Crippen LogP contribution >= 0.6 is 23.2 Å². The second kappa shape index (κ2) is 12.1. The Morgan fingerprint density at radius 2 is 1.78 bits per heavy atom. The molecule has 174 valence electrons. The van der Waals surface area contributed by atoms with Crippen molar-refractivity contribution >= 4 is 54.1 Å². The quantitative estimate of drug-likeness (QED) is 0.538. The van der Waals surface area contributed by atoms with Gasteiger partial charge < -0.3 is 19.9 Å². The number of nitrogens with zero attached hydrogens (tertiary/aromatic N) is 1. The second-order valence-corrected chi connectivity index (χ2v) is 8.61. The highest BCUT2D eigenvalue weighted by Gasteiger charge is 2.41. The van der Waals surface area contributed by atoms with Crippen molar-refractivity contribution < 1.29 is 28.5 Å². The molecule has 9 nitrogen and oxygen atoms in total. The first kappa shape index (κ1) is 26.0. The number of benzene rings is 1. The van der Waals surface area contributed by atoms with Gasteiger partial charge in [0.2, 0.25) is 5.91 Å². The maximum absolute atomic E-state index is 12.5. The average Bonchev–Trinajstić information content (AvgIpc) is 2.70. The number of carbonyl (C=O) groups excluding carboxylic acids is 4. The van der Waals surface area contributed by atoms with Crippen LogP contribution in [0, 0.1) is 5.92 Å². The van der Waals surface area contributed by atoms with Gasteiger partial charge in [0.25, 0.3) is 5.91 Å². The summed E-state index contributed by atoms with van der Waals surface area (Å²) >= 11 is 11.9. The summed E-state index contributed by atoms with van der Waals surface area (Å²) in [5, 5.41) is 5.67. The molecule has 2 N–H and O–H groups in total. The Kier molecular flexibility index (Phi) is 9.80. The molecule has 1 saturated heterocycles. The molecule has 2 amide bonds. The minimum absolute atomic E-state index is 0.0547. The van der Waals surface area contributed by atoms with Crippen molar-refractivity contribution in [3.05, 3.63) is 33.8 Å². The lowest BCUT2D eigenvalue weighted by atomic mass is 9.73. The molecule has 1 atom stereocenters. The first-order chi connectivity index (χ1) is 15.1. The van der Waals surface area contributed by atoms with Gasteiger partial charge in [-0.1, -0.05) is 44.0 Å². The van der Waals surface area contributed by atoms with Crippen LogP contribution in [0.5, 0.6) is 0 Å². The minimum atomic E-state index is -1.27. The number of rotatable bonds is 8. The van der Waals surface area contributed by atoms with Crippen molar-refractivity contribution in [3.8, 4) is 0 Å². The molecule has 2 rings (SSSR count). The van der Waals surface area contributed by atoms with E-state index in [2.05, 4.69) is 10.6 Å². The van der Waals surface area contributed by atoms with Gasteiger partial charge in [0.05, 0.1) is 36.2 Å². The zero-order valence-electron chi connectivity index (χ0n) is 18.2. The third-order valence-electron chi connectivity index (χ3n) is 4.63. The smallest absolute Gasteiger partial charge is 0.497 e. The van der Waals surface area contributed by atoms with Crippen molar-refractivity contribution in [1.29, 1.82) is 0 Å². The molecule has 1 aliphatic heterocycles. The molecular formula is C20H26BCl2N3O6. The van der Waals surface area contributed by atoms with Crippen LogP contribution in [0.1, 0.15) is 37.6 Å². The van der Waals surface area contributed by atoms with Gasteiger partial charge in [-0.2, -0.15) is 0 Å². The number of hydrogen-bond donors (Lipinski definition) is 2. The topological polar surface area (TPSA) is 114 Å². The molecule has 0 bridgehead atoms. The van der Waals surface area contributed by atoms with E-state index < -0.39 is 36.8 Å². The molecule has 0 aromatic heterocycles. The number of amides is 2. The highest BCUT2D eigenvalue weighted by Crippen LogP contribution is 2.20. The van der Waals surface area contributed by atoms with E-state index in [1.165, 1.54) is 12.1 Å². The molecule has 32 heavy (non-hydrogen) atoms. The molecule has 0 saturated carbocycles. The highest BCUT2D eigenvalue weighted by atomic mass is 35.5. The van der Waals surface area contributed by atoms with Crippen molar-refractivity contribution in [2.24, 2.45) is 5.92 Å². The Bertz CT molecular complexity index is 850. The third kappa shape index (κ3) is 8.00. The molecule has 0 spiro atoms. The fraction of sp³-hybridized carbons (Fsp3) is 0.500. The number of halogens is 2. The predicted octanol–water partition coefficient (Wildman–Crippen LogP) is 1.70. The molecule has 1 aliphatic rings. The molecule has 1 aromatic carbocycles. The maximum Gasteiger partial charge on any atom is 0.622 e. The van der Waals surface area contributed by atoms with Gasteiger partial charge in [0.1, 0.15) is 0 Å². The Morgan fingerprint density at radius 3 is 2.34 bits per heavy atom. The van der Waals surface area contributed by atoms with Gasteiger partial charge in [0, 0.05) is 5.02 Å². The summed E-state index contributed by atoms with van der Waals surface area (Å²) in [5.74, 6) is -2.93. The lowest BCUT2D eigenvalue weighted by Gasteiger charge is -2.29. The largest absolute Gasteiger partial charge is 0.622 e. The van der Waals surface area contributed by atoms with Gasteiger partial charge in [-0.05, 0) is 37.1 Å². The van der Waals surface area contributed by atoms with Gasteiger partial charge >= 0.3 is 19.1 Å². The van der Waals surface area contributed by atoms with Gasteiger partial charge in [-0.3, -0.25) is 24.1 Å². The fourth-order valence-electron chi connectivity index (χ4n) is 3.10. The Labute approximate surface area is 197 Å². The molecule has 1 aromatic rings. The highest BCUT2D eigenvalue weighted by molar-refractivity contribution is 6.51. The Balaban J connectivity index is 2.03. The molecule has 1 heterocycles. The monoisotopic (exact) mass is 485 g/mol. The van der Waals surface area contributed by atoms with Crippen LogP contribution in [-0.4, -0.2) is 67.9 Å². The molecule has 0 unspecified atom stereocenters. The number of hydrogen-bond acceptors (Lipinski definition) is 7. The normalized spacial score (nSPS) is 16.0. The summed E-state index contributed by atoms with van der Waals surface area (Å²) < 4.78 is 10.6. The van der Waals surface area contributed by atoms with Crippen LogP contribution in [0.4, 0.5) is 0 Å². The zero-order chi connectivity index (χ0) is 23.8. The van der Waals surface area contributed by atoms with Crippen LogP contribution in [0.2, 0.25) is 10.0 Å². The summed E-state index contributed by atoms with van der Waals surface area (Å²) in [6.07, 6.45) is 0.378. The van der Waals surface area contributed by atoms with Crippen LogP contribution in [-0.2, 0) is 23.7 Å². The second-order valence-electron chi connectivity index (χ2n) is 7.76. The van der Waals surface area contributed by atoms with Crippen molar-refractivity contribution in [3.63, 3.8) is 0 Å². The van der Waals surface area contributed by atoms with E-state index in [4.69, 9.17) is 32.5 Å². The number of nitrogens with one attached hydrogen (secondary N) is 2. The van der Waals surface area contributed by atoms with E-state index >= 15 is 0 Å². The van der Waals surface area contributed by atoms with Crippen molar-refractivity contribution in [1.82, 2.24) is 15.5 Å². The van der Waals surface area contributed by atoms with Crippen molar-refractivity contribution in [2.45, 2.75) is 33.1 Å². The Morgan fingerprint density at radius 1 is 1.16 bits per heavy atom. The zero-order valence-corrected chi connectivity index (χ0v) is 19.7. The fourth-order valence-corrected chi connectivity index (χ4v) is 3.47. The van der Waals surface area contributed by atoms with Gasteiger partial charge in [-0.15, -0.1) is 0 Å². The lowest BCUT2D eigenvalue weighted by Crippen LogP contribution is -2.56. The first-order valence-corrected chi connectivity index (χ1v) is 11.0. The minimum Gasteiger partial charge on any atom is -0.497 e. The van der Waals surface area contributed by atoms with Crippen molar-refractivity contribution in [2.75, 3.05) is 26.2 Å². The predicted molar refractivity (Wildman–Crippen MR) is 120 cm³/mol. The lowest BCUT2D eigenvalue weighted by molar-refractivity contribution is -0.147. The van der Waals surface area contributed by atoms with Gasteiger partial charge in [0.15, 0.2) is 0 Å². The average molecular weight is 486 g/mol. The first-order valence-electron chi connectivity index (χ1n) is 10.2. The molecular weight excluding hydrogens is 460 g/mol. The maximum atomic E-state index is 12.5. The molecule has 0 radical (unpaired) electrons. The van der Waals surface area contributed by atoms with Gasteiger partial charge in [-0.25, -0.2) is 0 Å². The van der Waals surface area contributed by atoms with E-state index in [1.807, 2.05) is 20.8 Å². The summed E-state index contributed by atoms with van der Waals surface area (Å²) in [6, 6.07) is 4.42. The van der Waals surface area contributed by atoms with E-state index in [9.17, 15) is 19.2 Å². The van der Waals surface area contributed by atoms with Crippen LogP contribution < -0.4 is 10.6 Å². The van der Waals surface area contributed by atoms with E-state index in [0.29, 0.717) is 18.0 Å². The van der Waals surface area contributed by atoms with E-state index in [-0.39, 0.29) is 36.1 Å². The molecule has 1 fully saturated rings. The number of likely N-dealkylation sites (N-methyl/N-ethyl adjacent to an activating group) is 1.